The monoisotopic (exact) mass is 235 g/mol. The van der Waals surface area contributed by atoms with Gasteiger partial charge in [-0.2, -0.15) is 0 Å². The van der Waals surface area contributed by atoms with Crippen molar-refractivity contribution in [3.05, 3.63) is 39.6 Å². The number of nitrogens with zero attached hydrogens (tertiary/aromatic N) is 1. The second-order valence-electron chi connectivity index (χ2n) is 3.59. The number of nitrogens with one attached hydrogen (secondary N) is 2. The lowest BCUT2D eigenvalue weighted by molar-refractivity contribution is 0.0950. The summed E-state index contributed by atoms with van der Waals surface area (Å²) >= 11 is 1.64. The first kappa shape index (κ1) is 10.9. The van der Waals surface area contributed by atoms with Crippen LogP contribution in [0.2, 0.25) is 0 Å². The summed E-state index contributed by atoms with van der Waals surface area (Å²) in [6.45, 7) is 4.44. The summed E-state index contributed by atoms with van der Waals surface area (Å²) in [6, 6.07) is 1.92. The van der Waals surface area contributed by atoms with Crippen molar-refractivity contribution >= 4 is 17.2 Å². The fourth-order valence-electron chi connectivity index (χ4n) is 1.51. The van der Waals surface area contributed by atoms with Crippen LogP contribution in [0.1, 0.15) is 25.8 Å². The molecular formula is C11H13N3OS. The van der Waals surface area contributed by atoms with E-state index in [-0.39, 0.29) is 5.91 Å². The van der Waals surface area contributed by atoms with E-state index in [4.69, 9.17) is 0 Å². The van der Waals surface area contributed by atoms with Crippen LogP contribution in [0, 0.1) is 13.8 Å². The molecule has 2 rings (SSSR count). The van der Waals surface area contributed by atoms with E-state index < -0.39 is 0 Å². The number of aromatic amines is 1. The molecule has 0 saturated heterocycles. The molecule has 0 aliphatic carbocycles. The lowest BCUT2D eigenvalue weighted by atomic mass is 10.2. The van der Waals surface area contributed by atoms with Gasteiger partial charge in [0.05, 0.1) is 24.1 Å². The molecule has 0 unspecified atom stereocenters. The molecule has 0 aliphatic heterocycles. The molecule has 0 spiro atoms. The number of hydrogen-bond donors (Lipinski definition) is 2. The fourth-order valence-corrected chi connectivity index (χ4v) is 2.43. The van der Waals surface area contributed by atoms with Crippen molar-refractivity contribution < 1.29 is 4.79 Å². The highest BCUT2D eigenvalue weighted by Gasteiger charge is 2.11. The molecule has 0 atom stereocenters. The van der Waals surface area contributed by atoms with Crippen LogP contribution in [0.4, 0.5) is 0 Å². The van der Waals surface area contributed by atoms with Crippen LogP contribution in [0.15, 0.2) is 18.6 Å². The van der Waals surface area contributed by atoms with Gasteiger partial charge in [0.25, 0.3) is 5.91 Å². The molecule has 0 aliphatic rings. The summed E-state index contributed by atoms with van der Waals surface area (Å²) < 4.78 is 0. The van der Waals surface area contributed by atoms with Crippen molar-refractivity contribution in [3.63, 3.8) is 0 Å². The summed E-state index contributed by atoms with van der Waals surface area (Å²) in [5.74, 6) is -0.0311. The summed E-state index contributed by atoms with van der Waals surface area (Å²) in [7, 11) is 0. The molecule has 5 heteroatoms. The zero-order chi connectivity index (χ0) is 11.5. The number of aryl methyl sites for hydroxylation is 2. The van der Waals surface area contributed by atoms with Gasteiger partial charge in [-0.25, -0.2) is 4.98 Å². The number of H-pyrrole nitrogens is 1. The molecule has 4 nitrogen and oxygen atoms in total. The van der Waals surface area contributed by atoms with Gasteiger partial charge in [0.1, 0.15) is 0 Å². The van der Waals surface area contributed by atoms with Crippen LogP contribution in [0.3, 0.4) is 0 Å². The minimum absolute atomic E-state index is 0.0311. The highest BCUT2D eigenvalue weighted by molar-refractivity contribution is 7.12. The number of carbonyl (C=O) groups is 1. The van der Waals surface area contributed by atoms with Gasteiger partial charge in [0.15, 0.2) is 0 Å². The van der Waals surface area contributed by atoms with Gasteiger partial charge >= 0.3 is 0 Å². The van der Waals surface area contributed by atoms with Gasteiger partial charge in [0, 0.05) is 16.0 Å². The molecule has 2 heterocycles. The highest BCUT2D eigenvalue weighted by atomic mass is 32.1. The zero-order valence-corrected chi connectivity index (χ0v) is 10.0. The largest absolute Gasteiger partial charge is 0.347 e. The predicted molar refractivity (Wildman–Crippen MR) is 63.6 cm³/mol. The Bertz CT molecular complexity index is 487. The number of rotatable bonds is 3. The van der Waals surface area contributed by atoms with E-state index in [9.17, 15) is 4.79 Å². The molecular weight excluding hydrogens is 222 g/mol. The lowest BCUT2D eigenvalue weighted by Crippen LogP contribution is -2.23. The second kappa shape index (κ2) is 4.49. The quantitative estimate of drug-likeness (QED) is 0.855. The third kappa shape index (κ3) is 2.30. The molecule has 2 N–H and O–H groups in total. The van der Waals surface area contributed by atoms with Gasteiger partial charge in [-0.05, 0) is 19.9 Å². The lowest BCUT2D eigenvalue weighted by Gasteiger charge is -2.02. The average Bonchev–Trinajstić information content (AvgIpc) is 2.84. The fraction of sp³-hybridized carbons (Fsp3) is 0.273. The maximum Gasteiger partial charge on any atom is 0.252 e. The Balaban J connectivity index is 2.01. The van der Waals surface area contributed by atoms with Gasteiger partial charge in [-0.3, -0.25) is 4.79 Å². The van der Waals surface area contributed by atoms with Gasteiger partial charge in [0.2, 0.25) is 0 Å². The molecule has 0 radical (unpaired) electrons. The molecule has 2 aromatic rings. The van der Waals surface area contributed by atoms with Crippen LogP contribution in [0.5, 0.6) is 0 Å². The average molecular weight is 235 g/mol. The molecule has 2 aromatic heterocycles. The number of thiophene rings is 1. The zero-order valence-electron chi connectivity index (χ0n) is 9.20. The van der Waals surface area contributed by atoms with E-state index in [2.05, 4.69) is 15.3 Å². The van der Waals surface area contributed by atoms with Crippen molar-refractivity contribution in [3.8, 4) is 0 Å². The predicted octanol–water partition coefficient (Wildman–Crippen LogP) is 2.02. The number of aromatic nitrogens is 2. The molecule has 0 bridgehead atoms. The summed E-state index contributed by atoms with van der Waals surface area (Å²) in [4.78, 5) is 20.9. The Kier molecular flexibility index (Phi) is 3.05. The third-order valence-electron chi connectivity index (χ3n) is 2.28. The topological polar surface area (TPSA) is 57.8 Å². The first-order chi connectivity index (χ1) is 7.66. The molecule has 16 heavy (non-hydrogen) atoms. The normalized spacial score (nSPS) is 10.4. The third-order valence-corrected chi connectivity index (χ3v) is 3.25. The standard InChI is InChI=1S/C11H13N3OS/c1-7-3-10(8(2)16-7)11(15)13-5-9-4-12-6-14-9/h3-4,6H,5H2,1-2H3,(H,12,14)(H,13,15). The Morgan fingerprint density at radius 3 is 2.94 bits per heavy atom. The van der Waals surface area contributed by atoms with E-state index in [1.54, 1.807) is 23.9 Å². The minimum Gasteiger partial charge on any atom is -0.347 e. The minimum atomic E-state index is -0.0311. The van der Waals surface area contributed by atoms with Crippen molar-refractivity contribution in [2.75, 3.05) is 0 Å². The van der Waals surface area contributed by atoms with Gasteiger partial charge in [-0.1, -0.05) is 0 Å². The SMILES string of the molecule is Cc1cc(C(=O)NCc2cnc[nH]2)c(C)s1. The molecule has 0 aromatic carbocycles. The van der Waals surface area contributed by atoms with E-state index in [1.807, 2.05) is 19.9 Å². The first-order valence-corrected chi connectivity index (χ1v) is 5.81. The van der Waals surface area contributed by atoms with Crippen LogP contribution >= 0.6 is 11.3 Å². The van der Waals surface area contributed by atoms with Crippen LogP contribution in [-0.4, -0.2) is 15.9 Å². The van der Waals surface area contributed by atoms with Gasteiger partial charge < -0.3 is 10.3 Å². The maximum absolute atomic E-state index is 11.8. The molecule has 0 saturated carbocycles. The van der Waals surface area contributed by atoms with E-state index in [1.165, 1.54) is 0 Å². The van der Waals surface area contributed by atoms with E-state index in [0.717, 1.165) is 21.0 Å². The number of imidazole rings is 1. The number of carbonyl (C=O) groups excluding carboxylic acids is 1. The van der Waals surface area contributed by atoms with Gasteiger partial charge in [-0.15, -0.1) is 11.3 Å². The van der Waals surface area contributed by atoms with Crippen molar-refractivity contribution in [2.24, 2.45) is 0 Å². The van der Waals surface area contributed by atoms with Crippen molar-refractivity contribution in [2.45, 2.75) is 20.4 Å². The van der Waals surface area contributed by atoms with E-state index in [0.29, 0.717) is 6.54 Å². The van der Waals surface area contributed by atoms with Crippen LogP contribution in [0.25, 0.3) is 0 Å². The number of amides is 1. The summed E-state index contributed by atoms with van der Waals surface area (Å²) in [6.07, 6.45) is 3.30. The van der Waals surface area contributed by atoms with Crippen molar-refractivity contribution in [1.82, 2.24) is 15.3 Å². The molecule has 1 amide bonds. The van der Waals surface area contributed by atoms with Crippen LogP contribution < -0.4 is 5.32 Å². The van der Waals surface area contributed by atoms with E-state index >= 15 is 0 Å². The number of hydrogen-bond acceptors (Lipinski definition) is 3. The maximum atomic E-state index is 11.8. The smallest absolute Gasteiger partial charge is 0.252 e. The Morgan fingerprint density at radius 2 is 2.38 bits per heavy atom. The Hall–Kier alpha value is -1.62. The molecule has 0 fully saturated rings. The molecule has 84 valence electrons. The van der Waals surface area contributed by atoms with Crippen molar-refractivity contribution in [1.29, 1.82) is 0 Å². The Labute approximate surface area is 97.7 Å². The highest BCUT2D eigenvalue weighted by Crippen LogP contribution is 2.20. The van der Waals surface area contributed by atoms with Crippen LogP contribution in [-0.2, 0) is 6.54 Å². The first-order valence-electron chi connectivity index (χ1n) is 4.99. The summed E-state index contributed by atoms with van der Waals surface area (Å²) in [5.41, 5.74) is 1.67. The summed E-state index contributed by atoms with van der Waals surface area (Å²) in [5, 5.41) is 2.85. The Morgan fingerprint density at radius 1 is 1.56 bits per heavy atom. The second-order valence-corrected chi connectivity index (χ2v) is 5.05.